The molecule has 2 nitrogen and oxygen atoms in total. The number of nitrogens with zero attached hydrogens (tertiary/aromatic N) is 1. The van der Waals surface area contributed by atoms with Gasteiger partial charge in [0.15, 0.2) is 5.78 Å². The highest BCUT2D eigenvalue weighted by molar-refractivity contribution is 5.91. The van der Waals surface area contributed by atoms with Crippen LogP contribution in [0.1, 0.15) is 92.4 Å². The maximum atomic E-state index is 11.7. The molecule has 0 amide bonds. The van der Waals surface area contributed by atoms with Crippen LogP contribution in [0.15, 0.2) is 12.2 Å². The minimum absolute atomic E-state index is 0.206. The van der Waals surface area contributed by atoms with E-state index in [1.165, 1.54) is 57.8 Å². The number of allylic oxidation sites excluding steroid dienone is 1. The van der Waals surface area contributed by atoms with Crippen molar-refractivity contribution in [1.82, 2.24) is 4.90 Å². The topological polar surface area (TPSA) is 20.3 Å². The van der Waals surface area contributed by atoms with Crippen molar-refractivity contribution in [3.05, 3.63) is 12.2 Å². The number of carbonyl (C=O) groups excluding carboxylic acids is 1. The number of hydrogen-bond acceptors (Lipinski definition) is 2. The molecule has 0 saturated heterocycles. The second-order valence-electron chi connectivity index (χ2n) is 9.44. The summed E-state index contributed by atoms with van der Waals surface area (Å²) in [4.78, 5) is 13.6. The Bertz CT molecular complexity index is 372. The van der Waals surface area contributed by atoms with E-state index in [2.05, 4.69) is 40.7 Å². The zero-order chi connectivity index (χ0) is 19.9. The molecule has 26 heavy (non-hydrogen) atoms. The van der Waals surface area contributed by atoms with Crippen LogP contribution < -0.4 is 0 Å². The smallest absolute Gasteiger partial charge is 0.169 e. The second kappa shape index (κ2) is 15.4. The number of likely N-dealkylation sites (N-methyl/N-ethyl adjacent to an activating group) is 1. The van der Waals surface area contributed by atoms with Gasteiger partial charge in [0.2, 0.25) is 0 Å². The van der Waals surface area contributed by atoms with Crippen molar-refractivity contribution in [3.8, 4) is 0 Å². The molecule has 0 rings (SSSR count). The summed E-state index contributed by atoms with van der Waals surface area (Å²) in [6.45, 7) is 12.2. The maximum absolute atomic E-state index is 11.7. The number of ketones is 1. The fourth-order valence-electron chi connectivity index (χ4n) is 3.50. The molecule has 0 fully saturated rings. The molecule has 0 heterocycles. The van der Waals surface area contributed by atoms with Crippen molar-refractivity contribution >= 4 is 5.78 Å². The van der Waals surface area contributed by atoms with E-state index >= 15 is 0 Å². The zero-order valence-electron chi connectivity index (χ0n) is 18.9. The van der Waals surface area contributed by atoms with Crippen molar-refractivity contribution in [2.24, 2.45) is 23.7 Å². The highest BCUT2D eigenvalue weighted by atomic mass is 16.1. The van der Waals surface area contributed by atoms with Gasteiger partial charge in [-0.15, -0.1) is 0 Å². The first-order valence-corrected chi connectivity index (χ1v) is 11.1. The van der Waals surface area contributed by atoms with E-state index in [0.717, 1.165) is 17.8 Å². The summed E-state index contributed by atoms with van der Waals surface area (Å²) < 4.78 is 0. The number of hydrogen-bond donors (Lipinski definition) is 0. The Morgan fingerprint density at radius 2 is 1.23 bits per heavy atom. The van der Waals surface area contributed by atoms with Gasteiger partial charge in [0.1, 0.15) is 0 Å². The van der Waals surface area contributed by atoms with Gasteiger partial charge in [0.05, 0.1) is 6.54 Å². The van der Waals surface area contributed by atoms with Crippen LogP contribution in [-0.4, -0.2) is 31.3 Å². The predicted octanol–water partition coefficient (Wildman–Crippen LogP) is 6.75. The first-order chi connectivity index (χ1) is 12.2. The van der Waals surface area contributed by atoms with Crippen LogP contribution in [-0.2, 0) is 4.79 Å². The van der Waals surface area contributed by atoms with E-state index in [1.807, 2.05) is 19.0 Å². The minimum atomic E-state index is 0.206. The summed E-state index contributed by atoms with van der Waals surface area (Å²) >= 11 is 0. The Hall–Kier alpha value is -0.630. The van der Waals surface area contributed by atoms with Crippen LogP contribution in [0, 0.1) is 23.7 Å². The largest absolute Gasteiger partial charge is 0.302 e. The molecule has 0 N–H and O–H groups in total. The standard InChI is InChI=1S/C24H47NO/c1-20(2)11-8-12-21(3)13-9-14-22(4)15-10-16-23(5)17-18-24(26)19-25(6)7/h17-18,20-23H,8-16,19H2,1-7H3/b18-17+. The van der Waals surface area contributed by atoms with Gasteiger partial charge >= 0.3 is 0 Å². The van der Waals surface area contributed by atoms with Gasteiger partial charge in [-0.05, 0) is 50.3 Å². The summed E-state index contributed by atoms with van der Waals surface area (Å²) in [5, 5.41) is 0. The molecule has 0 bridgehead atoms. The lowest BCUT2D eigenvalue weighted by Gasteiger charge is -2.15. The summed E-state index contributed by atoms with van der Waals surface area (Å²) in [5.41, 5.74) is 0. The fourth-order valence-corrected chi connectivity index (χ4v) is 3.50. The van der Waals surface area contributed by atoms with Gasteiger partial charge in [-0.1, -0.05) is 92.1 Å². The van der Waals surface area contributed by atoms with Crippen molar-refractivity contribution in [2.45, 2.75) is 92.4 Å². The molecule has 0 aliphatic carbocycles. The molecule has 0 radical (unpaired) electrons. The molecular weight excluding hydrogens is 318 g/mol. The highest BCUT2D eigenvalue weighted by Gasteiger charge is 2.07. The lowest BCUT2D eigenvalue weighted by atomic mass is 9.91. The predicted molar refractivity (Wildman–Crippen MR) is 117 cm³/mol. The summed E-state index contributed by atoms with van der Waals surface area (Å²) in [7, 11) is 3.87. The SMILES string of the molecule is CC(C)CCCC(C)CCCC(C)CCCC(C)/C=C/C(=O)CN(C)C. The van der Waals surface area contributed by atoms with Crippen LogP contribution in [0.3, 0.4) is 0 Å². The molecule has 154 valence electrons. The average Bonchev–Trinajstić information content (AvgIpc) is 2.52. The molecule has 0 saturated carbocycles. The van der Waals surface area contributed by atoms with E-state index < -0.39 is 0 Å². The van der Waals surface area contributed by atoms with Gasteiger partial charge in [0.25, 0.3) is 0 Å². The van der Waals surface area contributed by atoms with E-state index in [-0.39, 0.29) is 5.78 Å². The van der Waals surface area contributed by atoms with Crippen LogP contribution in [0.4, 0.5) is 0 Å². The maximum Gasteiger partial charge on any atom is 0.169 e. The molecule has 0 spiro atoms. The number of carbonyl (C=O) groups is 1. The molecule has 3 unspecified atom stereocenters. The van der Waals surface area contributed by atoms with Crippen LogP contribution in [0.25, 0.3) is 0 Å². The summed E-state index contributed by atoms with van der Waals surface area (Å²) in [6, 6.07) is 0. The Labute approximate surface area is 164 Å². The van der Waals surface area contributed by atoms with Crippen molar-refractivity contribution in [2.75, 3.05) is 20.6 Å². The molecule has 2 heteroatoms. The Morgan fingerprint density at radius 3 is 1.69 bits per heavy atom. The summed E-state index contributed by atoms with van der Waals surface area (Å²) in [6.07, 6.45) is 16.0. The van der Waals surface area contributed by atoms with Gasteiger partial charge in [-0.3, -0.25) is 4.79 Å². The molecule has 3 atom stereocenters. The minimum Gasteiger partial charge on any atom is -0.302 e. The zero-order valence-corrected chi connectivity index (χ0v) is 18.9. The van der Waals surface area contributed by atoms with Crippen molar-refractivity contribution in [3.63, 3.8) is 0 Å². The van der Waals surface area contributed by atoms with E-state index in [9.17, 15) is 4.79 Å². The third-order valence-corrected chi connectivity index (χ3v) is 5.31. The molecule has 0 aromatic rings. The van der Waals surface area contributed by atoms with Gasteiger partial charge in [-0.25, -0.2) is 0 Å². The van der Waals surface area contributed by atoms with Crippen LogP contribution >= 0.6 is 0 Å². The van der Waals surface area contributed by atoms with Crippen molar-refractivity contribution in [1.29, 1.82) is 0 Å². The van der Waals surface area contributed by atoms with Crippen LogP contribution in [0.5, 0.6) is 0 Å². The lowest BCUT2D eigenvalue weighted by Crippen LogP contribution is -2.20. The Morgan fingerprint density at radius 1 is 0.769 bits per heavy atom. The Kier molecular flexibility index (Phi) is 15.1. The Balaban J connectivity index is 3.71. The van der Waals surface area contributed by atoms with Crippen LogP contribution in [0.2, 0.25) is 0 Å². The van der Waals surface area contributed by atoms with E-state index in [4.69, 9.17) is 0 Å². The van der Waals surface area contributed by atoms with Gasteiger partial charge in [-0.2, -0.15) is 0 Å². The fraction of sp³-hybridized carbons (Fsp3) is 0.875. The van der Waals surface area contributed by atoms with Gasteiger partial charge < -0.3 is 4.90 Å². The second-order valence-corrected chi connectivity index (χ2v) is 9.44. The third-order valence-electron chi connectivity index (χ3n) is 5.31. The first kappa shape index (κ1) is 25.4. The first-order valence-electron chi connectivity index (χ1n) is 11.1. The van der Waals surface area contributed by atoms with E-state index in [1.54, 1.807) is 6.08 Å². The average molecular weight is 366 g/mol. The quantitative estimate of drug-likeness (QED) is 0.282. The molecule has 0 aromatic carbocycles. The third kappa shape index (κ3) is 16.8. The molecule has 0 aromatic heterocycles. The number of rotatable bonds is 16. The van der Waals surface area contributed by atoms with Gasteiger partial charge in [0, 0.05) is 0 Å². The molecule has 0 aliphatic rings. The monoisotopic (exact) mass is 365 g/mol. The molecular formula is C24H47NO. The normalized spacial score (nSPS) is 15.7. The lowest BCUT2D eigenvalue weighted by molar-refractivity contribution is -0.115. The molecule has 0 aliphatic heterocycles. The highest BCUT2D eigenvalue weighted by Crippen LogP contribution is 2.22. The van der Waals surface area contributed by atoms with Crippen molar-refractivity contribution < 1.29 is 4.79 Å². The van der Waals surface area contributed by atoms with E-state index in [0.29, 0.717) is 12.5 Å². The summed E-state index contributed by atoms with van der Waals surface area (Å²) in [5.74, 6) is 3.30.